The normalized spacial score (nSPS) is 28.1. The van der Waals surface area contributed by atoms with Gasteiger partial charge in [0.25, 0.3) is 0 Å². The summed E-state index contributed by atoms with van der Waals surface area (Å²) in [6.07, 6.45) is 9.12. The molecule has 0 aromatic heterocycles. The lowest BCUT2D eigenvalue weighted by Crippen LogP contribution is -2.40. The van der Waals surface area contributed by atoms with Gasteiger partial charge in [0.2, 0.25) is 0 Å². The lowest BCUT2D eigenvalue weighted by molar-refractivity contribution is -0.284. The number of phenols is 1. The Hall–Kier alpha value is -0.980. The Balaban J connectivity index is 1.13. The van der Waals surface area contributed by atoms with Crippen molar-refractivity contribution in [2.24, 2.45) is 22.7 Å². The lowest BCUT2D eigenvalue weighted by atomic mass is 9.56. The Kier molecular flexibility index (Phi) is 9.91. The van der Waals surface area contributed by atoms with Gasteiger partial charge in [0.1, 0.15) is 5.75 Å². The topological polar surface area (TPSA) is 20.2 Å². The molecule has 222 valence electrons. The summed E-state index contributed by atoms with van der Waals surface area (Å²) in [5.74, 6) is -0.962. The van der Waals surface area contributed by atoms with Crippen molar-refractivity contribution in [3.63, 3.8) is 0 Å². The van der Waals surface area contributed by atoms with Crippen LogP contribution in [0, 0.1) is 22.7 Å². The molecule has 0 heterocycles. The smallest absolute Gasteiger partial charge is 0.453 e. The van der Waals surface area contributed by atoms with Crippen LogP contribution in [-0.2, 0) is 6.42 Å². The molecule has 0 aliphatic heterocycles. The number of hydrogen-bond donors (Lipinski definition) is 1. The van der Waals surface area contributed by atoms with E-state index in [0.717, 1.165) is 56.6 Å². The zero-order valence-electron chi connectivity index (χ0n) is 23.7. The van der Waals surface area contributed by atoms with Gasteiger partial charge in [-0.3, -0.25) is 0 Å². The number of phenolic OH excluding ortho intramolecular Hbond substituents is 1. The Bertz CT molecular complexity index is 943. The SMILES string of the molecule is CC1C(c2ccc(O)cc2CCCCCCCCSCCCC(F)(F)C(F)(F)F)CCC2(C)C1CCC21CC1. The molecule has 1 nitrogen and oxygen atoms in total. The molecular formula is C32H47F5OS. The van der Waals surface area contributed by atoms with Gasteiger partial charge in [-0.15, -0.1) is 0 Å². The molecule has 4 atom stereocenters. The third kappa shape index (κ3) is 6.92. The number of aryl methyl sites for hydroxylation is 1. The summed E-state index contributed by atoms with van der Waals surface area (Å²) in [4.78, 5) is 0. The number of thioether (sulfide) groups is 1. The molecule has 1 N–H and O–H groups in total. The van der Waals surface area contributed by atoms with E-state index >= 15 is 0 Å². The number of benzene rings is 1. The molecule has 1 aromatic carbocycles. The second-order valence-electron chi connectivity index (χ2n) is 13.0. The van der Waals surface area contributed by atoms with Crippen LogP contribution < -0.4 is 0 Å². The monoisotopic (exact) mass is 574 g/mol. The van der Waals surface area contributed by atoms with Crippen LogP contribution in [0.15, 0.2) is 18.2 Å². The van der Waals surface area contributed by atoms with E-state index in [1.165, 1.54) is 61.4 Å². The van der Waals surface area contributed by atoms with Gasteiger partial charge >= 0.3 is 12.1 Å². The number of unbranched alkanes of at least 4 members (excludes halogenated alkanes) is 5. The standard InChI is InChI=1S/C32H47F5OS/c1-23-26(13-16-29(2)28(23)14-17-30(29)18-19-30)27-12-11-25(38)22-24(27)10-7-5-3-4-6-8-20-39-21-9-15-31(33,34)32(35,36)37/h11-12,22-23,26,28,38H,3-10,13-21H2,1-2H3. The predicted molar refractivity (Wildman–Crippen MR) is 151 cm³/mol. The van der Waals surface area contributed by atoms with Crippen molar-refractivity contribution >= 4 is 11.8 Å². The molecule has 4 unspecified atom stereocenters. The number of fused-ring (bicyclic) bond motifs is 2. The summed E-state index contributed by atoms with van der Waals surface area (Å²) in [5.41, 5.74) is 3.97. The van der Waals surface area contributed by atoms with Crippen LogP contribution in [0.2, 0.25) is 0 Å². The Labute approximate surface area is 236 Å². The minimum Gasteiger partial charge on any atom is -0.508 e. The highest BCUT2D eigenvalue weighted by molar-refractivity contribution is 7.99. The first-order valence-electron chi connectivity index (χ1n) is 15.2. The van der Waals surface area contributed by atoms with E-state index in [0.29, 0.717) is 34.2 Å². The van der Waals surface area contributed by atoms with Crippen molar-refractivity contribution in [2.45, 2.75) is 128 Å². The van der Waals surface area contributed by atoms with Gasteiger partial charge in [0.05, 0.1) is 0 Å². The van der Waals surface area contributed by atoms with Crippen molar-refractivity contribution in [3.05, 3.63) is 29.3 Å². The maximum atomic E-state index is 12.9. The van der Waals surface area contributed by atoms with Crippen molar-refractivity contribution in [2.75, 3.05) is 11.5 Å². The molecule has 39 heavy (non-hydrogen) atoms. The third-order valence-corrected chi connectivity index (χ3v) is 11.9. The van der Waals surface area contributed by atoms with Crippen LogP contribution in [-0.4, -0.2) is 28.7 Å². The van der Waals surface area contributed by atoms with Gasteiger partial charge in [-0.05, 0) is 128 Å². The van der Waals surface area contributed by atoms with E-state index in [-0.39, 0.29) is 6.42 Å². The highest BCUT2D eigenvalue weighted by Gasteiger charge is 2.65. The van der Waals surface area contributed by atoms with Crippen LogP contribution in [0.3, 0.4) is 0 Å². The minimum atomic E-state index is -5.44. The maximum Gasteiger partial charge on any atom is 0.453 e. The number of aromatic hydroxyl groups is 1. The quantitative estimate of drug-likeness (QED) is 0.176. The number of halogens is 5. The molecule has 0 radical (unpaired) electrons. The van der Waals surface area contributed by atoms with Crippen LogP contribution in [0.5, 0.6) is 5.75 Å². The highest BCUT2D eigenvalue weighted by atomic mass is 32.2. The van der Waals surface area contributed by atoms with Gasteiger partial charge in [0, 0.05) is 6.42 Å². The zero-order valence-corrected chi connectivity index (χ0v) is 24.5. The first kappa shape index (κ1) is 31.0. The van der Waals surface area contributed by atoms with E-state index in [9.17, 15) is 27.1 Å². The van der Waals surface area contributed by atoms with Crippen LogP contribution in [0.4, 0.5) is 22.0 Å². The summed E-state index contributed by atoms with van der Waals surface area (Å²) >= 11 is 1.47. The van der Waals surface area contributed by atoms with E-state index in [1.54, 1.807) is 0 Å². The molecule has 0 saturated heterocycles. The third-order valence-electron chi connectivity index (χ3n) is 10.8. The first-order valence-corrected chi connectivity index (χ1v) is 16.4. The Morgan fingerprint density at radius 1 is 0.872 bits per heavy atom. The second kappa shape index (κ2) is 12.5. The Morgan fingerprint density at radius 3 is 2.23 bits per heavy atom. The van der Waals surface area contributed by atoms with Crippen molar-refractivity contribution in [1.29, 1.82) is 0 Å². The molecule has 4 rings (SSSR count). The van der Waals surface area contributed by atoms with E-state index in [2.05, 4.69) is 19.9 Å². The van der Waals surface area contributed by atoms with Gasteiger partial charge in [-0.1, -0.05) is 45.6 Å². The molecule has 0 bridgehead atoms. The zero-order chi connectivity index (χ0) is 28.3. The van der Waals surface area contributed by atoms with Crippen molar-refractivity contribution < 1.29 is 27.1 Å². The molecule has 1 aromatic rings. The fraction of sp³-hybridized carbons (Fsp3) is 0.812. The molecular weight excluding hydrogens is 527 g/mol. The minimum absolute atomic E-state index is 0.116. The lowest BCUT2D eigenvalue weighted by Gasteiger charge is -2.48. The van der Waals surface area contributed by atoms with Crippen LogP contribution in [0.1, 0.15) is 121 Å². The van der Waals surface area contributed by atoms with Crippen LogP contribution in [0.25, 0.3) is 0 Å². The first-order chi connectivity index (χ1) is 18.4. The van der Waals surface area contributed by atoms with E-state index in [1.807, 2.05) is 12.1 Å². The average Bonchev–Trinajstić information content (AvgIpc) is 3.60. The molecule has 3 fully saturated rings. The fourth-order valence-corrected chi connectivity index (χ4v) is 9.13. The van der Waals surface area contributed by atoms with Crippen LogP contribution >= 0.6 is 11.8 Å². The summed E-state index contributed by atoms with van der Waals surface area (Å²) in [6, 6.07) is 6.06. The van der Waals surface area contributed by atoms with Gasteiger partial charge in [-0.2, -0.15) is 33.7 Å². The number of alkyl halides is 5. The molecule has 7 heteroatoms. The molecule has 3 aliphatic rings. The van der Waals surface area contributed by atoms with E-state index in [4.69, 9.17) is 0 Å². The summed E-state index contributed by atoms with van der Waals surface area (Å²) in [7, 11) is 0. The van der Waals surface area contributed by atoms with Gasteiger partial charge < -0.3 is 5.11 Å². The van der Waals surface area contributed by atoms with Crippen molar-refractivity contribution in [3.8, 4) is 5.75 Å². The molecule has 3 saturated carbocycles. The maximum absolute atomic E-state index is 12.9. The largest absolute Gasteiger partial charge is 0.508 e. The molecule has 0 amide bonds. The van der Waals surface area contributed by atoms with E-state index < -0.39 is 18.5 Å². The highest BCUT2D eigenvalue weighted by Crippen LogP contribution is 2.75. The molecule has 3 aliphatic carbocycles. The van der Waals surface area contributed by atoms with Gasteiger partial charge in [0.15, 0.2) is 0 Å². The summed E-state index contributed by atoms with van der Waals surface area (Å²) in [5, 5.41) is 10.2. The van der Waals surface area contributed by atoms with Gasteiger partial charge in [-0.25, -0.2) is 0 Å². The molecule has 1 spiro atoms. The van der Waals surface area contributed by atoms with Crippen molar-refractivity contribution in [1.82, 2.24) is 0 Å². The fourth-order valence-electron chi connectivity index (χ4n) is 8.17. The predicted octanol–water partition coefficient (Wildman–Crippen LogP) is 10.7. The summed E-state index contributed by atoms with van der Waals surface area (Å²) < 4.78 is 62.4. The Morgan fingerprint density at radius 2 is 1.54 bits per heavy atom. The average molecular weight is 575 g/mol. The summed E-state index contributed by atoms with van der Waals surface area (Å²) in [6.45, 7) is 5.07. The number of hydrogen-bond acceptors (Lipinski definition) is 2. The number of rotatable bonds is 14. The second-order valence-corrected chi connectivity index (χ2v) is 14.2.